The minimum absolute atomic E-state index is 0.350. The van der Waals surface area contributed by atoms with Crippen LogP contribution in [0.5, 0.6) is 0 Å². The highest BCUT2D eigenvalue weighted by Crippen LogP contribution is 2.31. The van der Waals surface area contributed by atoms with Crippen LogP contribution in [0, 0.1) is 0 Å². The fourth-order valence-electron chi connectivity index (χ4n) is 2.27. The van der Waals surface area contributed by atoms with Crippen molar-refractivity contribution in [2.75, 3.05) is 6.61 Å². The Balaban J connectivity index is 2.15. The van der Waals surface area contributed by atoms with E-state index in [1.807, 2.05) is 48.5 Å². The minimum Gasteiger partial charge on any atom is -0.463 e. The number of para-hydroxylation sites is 1. The Bertz CT molecular complexity index is 741. The Hall–Kier alpha value is -2.55. The Labute approximate surface area is 116 Å². The van der Waals surface area contributed by atoms with Crippen LogP contribution in [0.1, 0.15) is 17.3 Å². The molecule has 0 bridgehead atoms. The third kappa shape index (κ3) is 2.07. The number of benzene rings is 2. The van der Waals surface area contributed by atoms with Crippen molar-refractivity contribution in [3.63, 3.8) is 0 Å². The van der Waals surface area contributed by atoms with Gasteiger partial charge in [0.2, 0.25) is 0 Å². The molecule has 1 aromatic heterocycles. The summed E-state index contributed by atoms with van der Waals surface area (Å²) in [6.07, 6.45) is 1.47. The van der Waals surface area contributed by atoms with Gasteiger partial charge in [0.25, 0.3) is 0 Å². The predicted molar refractivity (Wildman–Crippen MR) is 77.6 cm³/mol. The van der Waals surface area contributed by atoms with Crippen LogP contribution in [0.3, 0.4) is 0 Å². The van der Waals surface area contributed by atoms with E-state index in [4.69, 9.17) is 9.15 Å². The summed E-state index contributed by atoms with van der Waals surface area (Å²) in [5.41, 5.74) is 3.21. The van der Waals surface area contributed by atoms with Crippen LogP contribution in [0.4, 0.5) is 0 Å². The number of esters is 1. The molecule has 0 spiro atoms. The molecule has 0 unspecified atom stereocenters. The lowest BCUT2D eigenvalue weighted by atomic mass is 10.0. The number of carbonyl (C=O) groups is 1. The molecular formula is C17H14O3. The number of hydrogen-bond acceptors (Lipinski definition) is 3. The Morgan fingerprint density at radius 2 is 1.90 bits per heavy atom. The maximum atomic E-state index is 11.9. The van der Waals surface area contributed by atoms with E-state index in [-0.39, 0.29) is 5.97 Å². The first-order valence-corrected chi connectivity index (χ1v) is 6.54. The number of furan rings is 1. The first-order chi connectivity index (χ1) is 9.81. The van der Waals surface area contributed by atoms with E-state index in [2.05, 4.69) is 0 Å². The molecule has 3 aromatic rings. The quantitative estimate of drug-likeness (QED) is 0.664. The summed E-state index contributed by atoms with van der Waals surface area (Å²) in [4.78, 5) is 11.9. The molecular weight excluding hydrogens is 252 g/mol. The standard InChI is InChI=1S/C17H14O3/c1-2-19-17(18)15-11-20-16-13(9-6-10-14(15)16)12-7-4-3-5-8-12/h3-11H,2H2,1H3. The van der Waals surface area contributed by atoms with Crippen LogP contribution in [-0.2, 0) is 4.74 Å². The van der Waals surface area contributed by atoms with Gasteiger partial charge in [-0.1, -0.05) is 48.5 Å². The van der Waals surface area contributed by atoms with Gasteiger partial charge in [-0.05, 0) is 12.5 Å². The molecule has 3 rings (SSSR count). The number of carbonyl (C=O) groups excluding carboxylic acids is 1. The van der Waals surface area contributed by atoms with E-state index in [9.17, 15) is 4.79 Å². The summed E-state index contributed by atoms with van der Waals surface area (Å²) in [6, 6.07) is 15.7. The minimum atomic E-state index is -0.350. The smallest absolute Gasteiger partial charge is 0.342 e. The van der Waals surface area contributed by atoms with Gasteiger partial charge < -0.3 is 9.15 Å². The average Bonchev–Trinajstić information content (AvgIpc) is 2.92. The second-order valence-electron chi connectivity index (χ2n) is 4.42. The van der Waals surface area contributed by atoms with Crippen LogP contribution < -0.4 is 0 Å². The van der Waals surface area contributed by atoms with Gasteiger partial charge in [-0.15, -0.1) is 0 Å². The van der Waals surface area contributed by atoms with Gasteiger partial charge in [-0.25, -0.2) is 4.79 Å². The Morgan fingerprint density at radius 1 is 1.10 bits per heavy atom. The van der Waals surface area contributed by atoms with Gasteiger partial charge in [-0.2, -0.15) is 0 Å². The molecule has 0 aliphatic heterocycles. The lowest BCUT2D eigenvalue weighted by molar-refractivity contribution is 0.0527. The molecule has 0 amide bonds. The monoisotopic (exact) mass is 266 g/mol. The predicted octanol–water partition coefficient (Wildman–Crippen LogP) is 4.28. The van der Waals surface area contributed by atoms with Crippen molar-refractivity contribution >= 4 is 16.9 Å². The van der Waals surface area contributed by atoms with Crippen molar-refractivity contribution in [1.82, 2.24) is 0 Å². The second-order valence-corrected chi connectivity index (χ2v) is 4.42. The molecule has 3 heteroatoms. The number of ether oxygens (including phenoxy) is 1. The van der Waals surface area contributed by atoms with Crippen LogP contribution in [0.2, 0.25) is 0 Å². The van der Waals surface area contributed by atoms with Crippen molar-refractivity contribution < 1.29 is 13.9 Å². The normalized spacial score (nSPS) is 10.7. The zero-order chi connectivity index (χ0) is 13.9. The number of hydrogen-bond donors (Lipinski definition) is 0. The first kappa shape index (κ1) is 12.5. The number of rotatable bonds is 3. The van der Waals surface area contributed by atoms with Gasteiger partial charge >= 0.3 is 5.97 Å². The molecule has 2 aromatic carbocycles. The molecule has 0 fully saturated rings. The van der Waals surface area contributed by atoms with Crippen LogP contribution in [0.15, 0.2) is 59.2 Å². The van der Waals surface area contributed by atoms with Crippen molar-refractivity contribution in [2.45, 2.75) is 6.92 Å². The summed E-state index contributed by atoms with van der Waals surface area (Å²) in [6.45, 7) is 2.14. The zero-order valence-corrected chi connectivity index (χ0v) is 11.1. The maximum absolute atomic E-state index is 11.9. The molecule has 3 nitrogen and oxygen atoms in total. The topological polar surface area (TPSA) is 39.4 Å². The largest absolute Gasteiger partial charge is 0.463 e. The number of fused-ring (bicyclic) bond motifs is 1. The van der Waals surface area contributed by atoms with E-state index in [0.29, 0.717) is 17.8 Å². The van der Waals surface area contributed by atoms with Gasteiger partial charge in [0.05, 0.1) is 6.61 Å². The fraction of sp³-hybridized carbons (Fsp3) is 0.118. The fourth-order valence-corrected chi connectivity index (χ4v) is 2.27. The van der Waals surface area contributed by atoms with E-state index in [1.54, 1.807) is 6.92 Å². The summed E-state index contributed by atoms with van der Waals surface area (Å²) in [5, 5.41) is 0.782. The Morgan fingerprint density at radius 3 is 2.65 bits per heavy atom. The van der Waals surface area contributed by atoms with E-state index in [1.165, 1.54) is 6.26 Å². The zero-order valence-electron chi connectivity index (χ0n) is 11.1. The lowest BCUT2D eigenvalue weighted by Crippen LogP contribution is -2.03. The molecule has 0 saturated heterocycles. The van der Waals surface area contributed by atoms with Gasteiger partial charge in [0.1, 0.15) is 17.4 Å². The lowest BCUT2D eigenvalue weighted by Gasteiger charge is -2.03. The van der Waals surface area contributed by atoms with Crippen LogP contribution in [0.25, 0.3) is 22.1 Å². The van der Waals surface area contributed by atoms with Crippen molar-refractivity contribution in [2.24, 2.45) is 0 Å². The molecule has 100 valence electrons. The van der Waals surface area contributed by atoms with Crippen molar-refractivity contribution in [3.8, 4) is 11.1 Å². The Kier molecular flexibility index (Phi) is 3.25. The molecule has 0 aliphatic carbocycles. The SMILES string of the molecule is CCOC(=O)c1coc2c(-c3ccccc3)cccc12. The molecule has 1 heterocycles. The van der Waals surface area contributed by atoms with Crippen molar-refractivity contribution in [1.29, 1.82) is 0 Å². The highest BCUT2D eigenvalue weighted by molar-refractivity contribution is 6.06. The van der Waals surface area contributed by atoms with Crippen LogP contribution in [-0.4, -0.2) is 12.6 Å². The third-order valence-electron chi connectivity index (χ3n) is 3.18. The van der Waals surface area contributed by atoms with E-state index in [0.717, 1.165) is 16.5 Å². The highest BCUT2D eigenvalue weighted by Gasteiger charge is 2.17. The highest BCUT2D eigenvalue weighted by atomic mass is 16.5. The maximum Gasteiger partial charge on any atom is 0.342 e. The summed E-state index contributed by atoms with van der Waals surface area (Å²) < 4.78 is 10.6. The summed E-state index contributed by atoms with van der Waals surface area (Å²) in [7, 11) is 0. The second kappa shape index (κ2) is 5.21. The molecule has 0 atom stereocenters. The van der Waals surface area contributed by atoms with E-state index < -0.39 is 0 Å². The average molecular weight is 266 g/mol. The molecule has 0 saturated carbocycles. The summed E-state index contributed by atoms with van der Waals surface area (Å²) in [5.74, 6) is -0.350. The third-order valence-corrected chi connectivity index (χ3v) is 3.18. The van der Waals surface area contributed by atoms with Gasteiger partial charge in [0, 0.05) is 10.9 Å². The van der Waals surface area contributed by atoms with E-state index >= 15 is 0 Å². The molecule has 0 N–H and O–H groups in total. The molecule has 0 aliphatic rings. The first-order valence-electron chi connectivity index (χ1n) is 6.54. The molecule has 0 radical (unpaired) electrons. The summed E-state index contributed by atoms with van der Waals surface area (Å²) >= 11 is 0. The van der Waals surface area contributed by atoms with Crippen LogP contribution >= 0.6 is 0 Å². The molecule has 20 heavy (non-hydrogen) atoms. The van der Waals surface area contributed by atoms with Gasteiger partial charge in [0.15, 0.2) is 0 Å². The van der Waals surface area contributed by atoms with Gasteiger partial charge in [-0.3, -0.25) is 0 Å². The van der Waals surface area contributed by atoms with Crippen molar-refractivity contribution in [3.05, 3.63) is 60.4 Å².